The molecule has 2 aliphatic rings. The molecule has 0 aliphatic carbocycles. The van der Waals surface area contributed by atoms with E-state index >= 15 is 0 Å². The number of anilines is 3. The molecule has 2 aliphatic heterocycles. The maximum Gasteiger partial charge on any atom is 0.264 e. The number of likely N-dealkylation sites (tertiary alicyclic amines) is 1. The van der Waals surface area contributed by atoms with Crippen molar-refractivity contribution in [3.05, 3.63) is 101 Å². The van der Waals surface area contributed by atoms with Crippen LogP contribution in [0.25, 0.3) is 0 Å². The molecule has 0 saturated carbocycles. The third-order valence-electron chi connectivity index (χ3n) is 8.21. The van der Waals surface area contributed by atoms with Crippen molar-refractivity contribution in [2.45, 2.75) is 44.4 Å². The molecule has 3 atom stereocenters. The van der Waals surface area contributed by atoms with Crippen molar-refractivity contribution in [1.29, 1.82) is 0 Å². The van der Waals surface area contributed by atoms with Crippen molar-refractivity contribution in [3.8, 4) is 0 Å². The minimum Gasteiger partial charge on any atom is -0.394 e. The van der Waals surface area contributed by atoms with Crippen molar-refractivity contribution in [2.24, 2.45) is 5.92 Å². The summed E-state index contributed by atoms with van der Waals surface area (Å²) in [5, 5.41) is 21.8. The highest BCUT2D eigenvalue weighted by atomic mass is 35.5. The average Bonchev–Trinajstić information content (AvgIpc) is 3.57. The molecule has 0 unspecified atom stereocenters. The zero-order chi connectivity index (χ0) is 29.9. The number of para-hydroxylation sites is 1. The Morgan fingerprint density at radius 1 is 1.12 bits per heavy atom. The van der Waals surface area contributed by atoms with Gasteiger partial charge in [-0.2, -0.15) is 0 Å². The lowest BCUT2D eigenvalue weighted by Gasteiger charge is -2.28. The van der Waals surface area contributed by atoms with E-state index in [1.54, 1.807) is 47.1 Å². The molecule has 9 heteroatoms. The third-order valence-corrected chi connectivity index (χ3v) is 8.45. The van der Waals surface area contributed by atoms with Gasteiger partial charge < -0.3 is 20.0 Å². The van der Waals surface area contributed by atoms with Gasteiger partial charge >= 0.3 is 0 Å². The molecule has 3 amide bonds. The summed E-state index contributed by atoms with van der Waals surface area (Å²) >= 11 is 6.31. The molecule has 8 nitrogen and oxygen atoms in total. The molecule has 218 valence electrons. The number of aliphatic hydroxyl groups excluding tert-OH is 1. The quantitative estimate of drug-likeness (QED) is 0.259. The number of rotatable bonds is 10. The van der Waals surface area contributed by atoms with Crippen molar-refractivity contribution in [2.75, 3.05) is 23.0 Å². The van der Waals surface area contributed by atoms with Crippen LogP contribution in [-0.4, -0.2) is 52.5 Å². The first-order valence-corrected chi connectivity index (χ1v) is 14.5. The van der Waals surface area contributed by atoms with Gasteiger partial charge in [-0.05, 0) is 60.9 Å². The fourth-order valence-electron chi connectivity index (χ4n) is 5.86. The van der Waals surface area contributed by atoms with Crippen LogP contribution in [0, 0.1) is 5.92 Å². The number of hydrogen-bond donors (Lipinski definition) is 2. The van der Waals surface area contributed by atoms with Gasteiger partial charge in [-0.25, -0.2) is 0 Å². The Balaban J connectivity index is 1.34. The second-order valence-electron chi connectivity index (χ2n) is 10.8. The standard InChI is InChI=1S/C33H34ClN3O5/c1-23(7-5-11-31(40)35-18-6-10-28(35)21-38)33(42)29-19-25(34)14-17-30(29)36(32(33)41)20-24-12-15-27(16-13-24)37(22-39)26-8-3-2-4-9-26/h2-5,7-9,12-17,19,22-23,28,38,42H,6,10-11,18,20-21H2,1H3/b7-5+/t23-,28+,33+/m1/s1. The summed E-state index contributed by atoms with van der Waals surface area (Å²) in [4.78, 5) is 43.2. The number of halogens is 1. The van der Waals surface area contributed by atoms with Crippen LogP contribution in [0.15, 0.2) is 84.9 Å². The molecular weight excluding hydrogens is 554 g/mol. The van der Waals surface area contributed by atoms with E-state index in [0.717, 1.165) is 30.5 Å². The summed E-state index contributed by atoms with van der Waals surface area (Å²) in [7, 11) is 0. The highest BCUT2D eigenvalue weighted by molar-refractivity contribution is 6.31. The predicted molar refractivity (Wildman–Crippen MR) is 162 cm³/mol. The summed E-state index contributed by atoms with van der Waals surface area (Å²) in [6, 6.07) is 21.5. The number of hydrogen-bond acceptors (Lipinski definition) is 5. The van der Waals surface area contributed by atoms with E-state index in [1.807, 2.05) is 54.6 Å². The number of carbonyl (C=O) groups excluding carboxylic acids is 3. The summed E-state index contributed by atoms with van der Waals surface area (Å²) < 4.78 is 0. The van der Waals surface area contributed by atoms with Gasteiger partial charge in [0.25, 0.3) is 5.91 Å². The number of carbonyl (C=O) groups is 3. The van der Waals surface area contributed by atoms with Gasteiger partial charge in [-0.15, -0.1) is 0 Å². The molecule has 0 radical (unpaired) electrons. The van der Waals surface area contributed by atoms with Crippen molar-refractivity contribution >= 4 is 46.9 Å². The Morgan fingerprint density at radius 2 is 1.83 bits per heavy atom. The fraction of sp³-hybridized carbons (Fsp3) is 0.303. The first-order valence-electron chi connectivity index (χ1n) is 14.1. The van der Waals surface area contributed by atoms with Gasteiger partial charge in [0.05, 0.1) is 24.9 Å². The first kappa shape index (κ1) is 29.5. The second-order valence-corrected chi connectivity index (χ2v) is 11.2. The maximum absolute atomic E-state index is 13.9. The van der Waals surface area contributed by atoms with Gasteiger partial charge in [0.2, 0.25) is 12.3 Å². The van der Waals surface area contributed by atoms with Crippen molar-refractivity contribution in [3.63, 3.8) is 0 Å². The van der Waals surface area contributed by atoms with E-state index in [-0.39, 0.29) is 31.5 Å². The van der Waals surface area contributed by atoms with Crippen LogP contribution < -0.4 is 9.80 Å². The Bertz CT molecular complexity index is 1480. The number of nitrogens with zero attached hydrogens (tertiary/aromatic N) is 3. The van der Waals surface area contributed by atoms with E-state index in [2.05, 4.69) is 0 Å². The lowest BCUT2D eigenvalue weighted by Crippen LogP contribution is -2.44. The number of fused-ring (bicyclic) bond motifs is 1. The zero-order valence-corrected chi connectivity index (χ0v) is 24.2. The third kappa shape index (κ3) is 5.57. The smallest absolute Gasteiger partial charge is 0.264 e. The van der Waals surface area contributed by atoms with Crippen LogP contribution in [0.5, 0.6) is 0 Å². The SMILES string of the molecule is C[C@H](/C=C/CC(=O)N1CCC[C@H]1CO)[C@@]1(O)C(=O)N(Cc2ccc(N(C=O)c3ccccc3)cc2)c2ccc(Cl)cc21. The predicted octanol–water partition coefficient (Wildman–Crippen LogP) is 4.93. The summed E-state index contributed by atoms with van der Waals surface area (Å²) in [6.45, 7) is 2.51. The molecule has 2 N–H and O–H groups in total. The Hall–Kier alpha value is -3.98. The molecule has 2 heterocycles. The Morgan fingerprint density at radius 3 is 2.52 bits per heavy atom. The van der Waals surface area contributed by atoms with E-state index in [0.29, 0.717) is 28.5 Å². The summed E-state index contributed by atoms with van der Waals surface area (Å²) in [6.07, 6.45) is 5.90. The fourth-order valence-corrected chi connectivity index (χ4v) is 6.04. The van der Waals surface area contributed by atoms with Crippen LogP contribution in [0.4, 0.5) is 17.1 Å². The van der Waals surface area contributed by atoms with Crippen molar-refractivity contribution in [1.82, 2.24) is 4.90 Å². The number of aliphatic hydroxyl groups is 2. The first-order chi connectivity index (χ1) is 20.3. The second kappa shape index (κ2) is 12.5. The molecule has 3 aromatic carbocycles. The van der Waals surface area contributed by atoms with E-state index < -0.39 is 17.4 Å². The molecule has 0 aromatic heterocycles. The highest BCUT2D eigenvalue weighted by Gasteiger charge is 2.52. The number of amides is 3. The van der Waals surface area contributed by atoms with Crippen LogP contribution in [-0.2, 0) is 26.5 Å². The molecule has 0 bridgehead atoms. The molecule has 0 spiro atoms. The molecule has 1 fully saturated rings. The molecule has 1 saturated heterocycles. The van der Waals surface area contributed by atoms with E-state index in [4.69, 9.17) is 11.6 Å². The minimum atomic E-state index is -1.87. The average molecular weight is 588 g/mol. The summed E-state index contributed by atoms with van der Waals surface area (Å²) in [5.41, 5.74) is 1.34. The highest BCUT2D eigenvalue weighted by Crippen LogP contribution is 2.46. The normalized spacial score (nSPS) is 20.7. The molecule has 5 rings (SSSR count). The van der Waals surface area contributed by atoms with Gasteiger partial charge in [0.15, 0.2) is 5.60 Å². The zero-order valence-electron chi connectivity index (χ0n) is 23.4. The van der Waals surface area contributed by atoms with Crippen LogP contribution in [0.3, 0.4) is 0 Å². The number of benzene rings is 3. The molecule has 42 heavy (non-hydrogen) atoms. The molecule has 3 aromatic rings. The van der Waals surface area contributed by atoms with E-state index in [9.17, 15) is 24.6 Å². The monoisotopic (exact) mass is 587 g/mol. The summed E-state index contributed by atoms with van der Waals surface area (Å²) in [5.74, 6) is -1.22. The lowest BCUT2D eigenvalue weighted by atomic mass is 9.83. The maximum atomic E-state index is 13.9. The van der Waals surface area contributed by atoms with E-state index in [1.165, 1.54) is 4.90 Å². The minimum absolute atomic E-state index is 0.0570. The topological polar surface area (TPSA) is 101 Å². The van der Waals surface area contributed by atoms with Crippen LogP contribution in [0.2, 0.25) is 5.02 Å². The van der Waals surface area contributed by atoms with Gasteiger partial charge in [-0.3, -0.25) is 19.3 Å². The van der Waals surface area contributed by atoms with Crippen LogP contribution >= 0.6 is 11.6 Å². The van der Waals surface area contributed by atoms with Gasteiger partial charge in [-0.1, -0.05) is 61.0 Å². The van der Waals surface area contributed by atoms with Crippen molar-refractivity contribution < 1.29 is 24.6 Å². The van der Waals surface area contributed by atoms with Gasteiger partial charge in [0.1, 0.15) is 0 Å². The Labute approximate surface area is 250 Å². The lowest BCUT2D eigenvalue weighted by molar-refractivity contribution is -0.139. The largest absolute Gasteiger partial charge is 0.394 e. The van der Waals surface area contributed by atoms with Crippen LogP contribution in [0.1, 0.15) is 37.3 Å². The van der Waals surface area contributed by atoms with Gasteiger partial charge in [0, 0.05) is 40.8 Å². The molecular formula is C33H34ClN3O5. The Kier molecular flexibility index (Phi) is 8.77.